The van der Waals surface area contributed by atoms with Crippen LogP contribution in [0.5, 0.6) is 0 Å². The predicted molar refractivity (Wildman–Crippen MR) is 91.8 cm³/mol. The number of nitrogens with zero attached hydrogens (tertiary/aromatic N) is 4. The minimum Gasteiger partial charge on any atom is -0.363 e. The minimum atomic E-state index is 0.576. The molecule has 0 unspecified atom stereocenters. The van der Waals surface area contributed by atoms with Gasteiger partial charge in [0.15, 0.2) is 5.82 Å². The SMILES string of the molecule is Cc1ccc2nc(NCc3ccccc3Cl)c3nncn3c2c1. The van der Waals surface area contributed by atoms with Crippen molar-refractivity contribution in [3.05, 3.63) is 64.9 Å². The van der Waals surface area contributed by atoms with E-state index in [2.05, 4.69) is 33.5 Å². The molecule has 2 heterocycles. The van der Waals surface area contributed by atoms with Crippen LogP contribution in [0.2, 0.25) is 5.02 Å². The van der Waals surface area contributed by atoms with Gasteiger partial charge >= 0.3 is 0 Å². The second-order valence-corrected chi connectivity index (χ2v) is 5.83. The van der Waals surface area contributed by atoms with Crippen LogP contribution in [0.3, 0.4) is 0 Å². The highest BCUT2D eigenvalue weighted by Crippen LogP contribution is 2.22. The zero-order valence-corrected chi connectivity index (χ0v) is 13.2. The van der Waals surface area contributed by atoms with E-state index in [0.29, 0.717) is 18.0 Å². The fourth-order valence-corrected chi connectivity index (χ4v) is 2.81. The van der Waals surface area contributed by atoms with Crippen molar-refractivity contribution in [3.63, 3.8) is 0 Å². The molecular formula is C17H14ClN5. The number of rotatable bonds is 3. The van der Waals surface area contributed by atoms with E-state index in [-0.39, 0.29) is 0 Å². The molecule has 0 amide bonds. The van der Waals surface area contributed by atoms with Crippen molar-refractivity contribution < 1.29 is 0 Å². The highest BCUT2D eigenvalue weighted by molar-refractivity contribution is 6.31. The molecule has 0 bridgehead atoms. The van der Waals surface area contributed by atoms with E-state index in [9.17, 15) is 0 Å². The summed E-state index contributed by atoms with van der Waals surface area (Å²) >= 11 is 6.21. The third-order valence-electron chi connectivity index (χ3n) is 3.79. The fourth-order valence-electron chi connectivity index (χ4n) is 2.60. The van der Waals surface area contributed by atoms with E-state index in [4.69, 9.17) is 11.6 Å². The Bertz CT molecular complexity index is 1010. The molecule has 0 saturated heterocycles. The Kier molecular flexibility index (Phi) is 3.35. The van der Waals surface area contributed by atoms with Gasteiger partial charge in [-0.15, -0.1) is 10.2 Å². The van der Waals surface area contributed by atoms with Crippen LogP contribution in [0, 0.1) is 6.92 Å². The van der Waals surface area contributed by atoms with Gasteiger partial charge in [0.25, 0.3) is 0 Å². The lowest BCUT2D eigenvalue weighted by Gasteiger charge is -2.10. The quantitative estimate of drug-likeness (QED) is 0.622. The van der Waals surface area contributed by atoms with Crippen molar-refractivity contribution in [1.82, 2.24) is 19.6 Å². The molecular weight excluding hydrogens is 310 g/mol. The monoisotopic (exact) mass is 323 g/mol. The van der Waals surface area contributed by atoms with Crippen molar-refractivity contribution in [2.24, 2.45) is 0 Å². The summed E-state index contributed by atoms with van der Waals surface area (Å²) in [6.07, 6.45) is 1.71. The van der Waals surface area contributed by atoms with Gasteiger partial charge in [0, 0.05) is 11.6 Å². The Balaban J connectivity index is 1.78. The largest absolute Gasteiger partial charge is 0.363 e. The number of halogens is 1. The number of benzene rings is 2. The lowest BCUT2D eigenvalue weighted by molar-refractivity contribution is 1.09. The van der Waals surface area contributed by atoms with Crippen molar-refractivity contribution in [3.8, 4) is 0 Å². The summed E-state index contributed by atoms with van der Waals surface area (Å²) in [4.78, 5) is 4.68. The standard InChI is InChI=1S/C17H14ClN5/c1-11-6-7-14-15(8-11)23-10-20-22-17(23)16(21-14)19-9-12-4-2-3-5-13(12)18/h2-8,10H,9H2,1H3,(H,19,21). The van der Waals surface area contributed by atoms with Gasteiger partial charge in [-0.25, -0.2) is 4.98 Å². The Labute approximate surface area is 137 Å². The molecule has 114 valence electrons. The van der Waals surface area contributed by atoms with E-state index in [1.54, 1.807) is 6.33 Å². The van der Waals surface area contributed by atoms with Gasteiger partial charge in [-0.3, -0.25) is 4.40 Å². The van der Waals surface area contributed by atoms with E-state index in [1.165, 1.54) is 5.56 Å². The Morgan fingerprint density at radius 1 is 1.17 bits per heavy atom. The summed E-state index contributed by atoms with van der Waals surface area (Å²) in [5, 5.41) is 12.3. The first kappa shape index (κ1) is 14.0. The average Bonchev–Trinajstić information content (AvgIpc) is 3.04. The first-order valence-corrected chi connectivity index (χ1v) is 7.67. The third-order valence-corrected chi connectivity index (χ3v) is 4.16. The summed E-state index contributed by atoms with van der Waals surface area (Å²) < 4.78 is 1.95. The molecule has 6 heteroatoms. The molecule has 0 fully saturated rings. The van der Waals surface area contributed by atoms with Gasteiger partial charge in [-0.2, -0.15) is 0 Å². The number of anilines is 1. The molecule has 1 N–H and O–H groups in total. The molecule has 0 atom stereocenters. The molecule has 23 heavy (non-hydrogen) atoms. The molecule has 2 aromatic heterocycles. The molecule has 0 spiro atoms. The lowest BCUT2D eigenvalue weighted by Crippen LogP contribution is -2.05. The maximum absolute atomic E-state index is 6.21. The molecule has 0 aliphatic rings. The smallest absolute Gasteiger partial charge is 0.203 e. The summed E-state index contributed by atoms with van der Waals surface area (Å²) in [5.74, 6) is 0.693. The van der Waals surface area contributed by atoms with Gasteiger partial charge < -0.3 is 5.32 Å². The maximum atomic E-state index is 6.21. The van der Waals surface area contributed by atoms with E-state index in [0.717, 1.165) is 21.6 Å². The van der Waals surface area contributed by atoms with E-state index in [1.807, 2.05) is 40.8 Å². The summed E-state index contributed by atoms with van der Waals surface area (Å²) in [7, 11) is 0. The van der Waals surface area contributed by atoms with Crippen LogP contribution in [0.4, 0.5) is 5.82 Å². The average molecular weight is 324 g/mol. The Hall–Kier alpha value is -2.66. The van der Waals surface area contributed by atoms with Crippen LogP contribution in [0.1, 0.15) is 11.1 Å². The Morgan fingerprint density at radius 2 is 2.04 bits per heavy atom. The van der Waals surface area contributed by atoms with Crippen LogP contribution in [-0.4, -0.2) is 19.6 Å². The number of nitrogens with one attached hydrogen (secondary N) is 1. The number of fused-ring (bicyclic) bond motifs is 3. The molecule has 0 aliphatic heterocycles. The van der Waals surface area contributed by atoms with E-state index < -0.39 is 0 Å². The number of hydrogen-bond acceptors (Lipinski definition) is 4. The highest BCUT2D eigenvalue weighted by atomic mass is 35.5. The van der Waals surface area contributed by atoms with Crippen LogP contribution >= 0.6 is 11.6 Å². The first-order chi connectivity index (χ1) is 11.2. The third kappa shape index (κ3) is 2.49. The van der Waals surface area contributed by atoms with Crippen LogP contribution < -0.4 is 5.32 Å². The fraction of sp³-hybridized carbons (Fsp3) is 0.118. The zero-order valence-electron chi connectivity index (χ0n) is 12.5. The summed E-state index contributed by atoms with van der Waals surface area (Å²) in [5.41, 5.74) is 4.77. The second-order valence-electron chi connectivity index (χ2n) is 5.42. The summed E-state index contributed by atoms with van der Waals surface area (Å²) in [6.45, 7) is 2.63. The van der Waals surface area contributed by atoms with Gasteiger partial charge in [0.05, 0.1) is 11.0 Å². The van der Waals surface area contributed by atoms with Gasteiger partial charge in [0.2, 0.25) is 5.65 Å². The number of aryl methyl sites for hydroxylation is 1. The van der Waals surface area contributed by atoms with E-state index >= 15 is 0 Å². The Morgan fingerprint density at radius 3 is 2.91 bits per heavy atom. The molecule has 5 nitrogen and oxygen atoms in total. The molecule has 2 aromatic carbocycles. The number of hydrogen-bond donors (Lipinski definition) is 1. The topological polar surface area (TPSA) is 55.1 Å². The zero-order chi connectivity index (χ0) is 15.8. The normalized spacial score (nSPS) is 11.2. The van der Waals surface area contributed by atoms with Crippen LogP contribution in [0.25, 0.3) is 16.7 Å². The second kappa shape index (κ2) is 5.52. The molecule has 0 radical (unpaired) electrons. The predicted octanol–water partition coefficient (Wildman–Crippen LogP) is 3.85. The highest BCUT2D eigenvalue weighted by Gasteiger charge is 2.10. The van der Waals surface area contributed by atoms with Crippen LogP contribution in [-0.2, 0) is 6.54 Å². The van der Waals surface area contributed by atoms with Gasteiger partial charge in [-0.05, 0) is 36.2 Å². The summed E-state index contributed by atoms with van der Waals surface area (Å²) in [6, 6.07) is 13.9. The maximum Gasteiger partial charge on any atom is 0.203 e. The van der Waals surface area contributed by atoms with Crippen molar-refractivity contribution in [2.45, 2.75) is 13.5 Å². The van der Waals surface area contributed by atoms with Crippen molar-refractivity contribution in [1.29, 1.82) is 0 Å². The van der Waals surface area contributed by atoms with Gasteiger partial charge in [0.1, 0.15) is 6.33 Å². The minimum absolute atomic E-state index is 0.576. The van der Waals surface area contributed by atoms with Crippen LogP contribution in [0.15, 0.2) is 48.8 Å². The molecule has 0 aliphatic carbocycles. The van der Waals surface area contributed by atoms with Crippen molar-refractivity contribution >= 4 is 34.1 Å². The molecule has 4 aromatic rings. The first-order valence-electron chi connectivity index (χ1n) is 7.30. The van der Waals surface area contributed by atoms with Crippen molar-refractivity contribution in [2.75, 3.05) is 5.32 Å². The number of aromatic nitrogens is 4. The molecule has 0 saturated carbocycles. The van der Waals surface area contributed by atoms with Gasteiger partial charge in [-0.1, -0.05) is 35.9 Å². The molecule has 4 rings (SSSR count). The lowest BCUT2D eigenvalue weighted by atomic mass is 10.2.